The standard InChI is InChI=1S/C9H17BrN2O/c1-7(5-11)3-4-9(13)12-6-8(2)10/h7H,2-6,11H2,1H3,(H,12,13). The molecule has 1 unspecified atom stereocenters. The van der Waals surface area contributed by atoms with Crippen LogP contribution in [0.15, 0.2) is 11.1 Å². The van der Waals surface area contributed by atoms with Crippen molar-refractivity contribution in [1.29, 1.82) is 0 Å². The minimum Gasteiger partial charge on any atom is -0.352 e. The molecule has 0 saturated heterocycles. The van der Waals surface area contributed by atoms with Gasteiger partial charge in [0.25, 0.3) is 0 Å². The fourth-order valence-corrected chi connectivity index (χ4v) is 0.918. The Labute approximate surface area is 87.9 Å². The molecule has 0 aliphatic carbocycles. The summed E-state index contributed by atoms with van der Waals surface area (Å²) in [5.41, 5.74) is 5.43. The van der Waals surface area contributed by atoms with E-state index in [4.69, 9.17) is 5.73 Å². The number of rotatable bonds is 6. The fraction of sp³-hybridized carbons (Fsp3) is 0.667. The smallest absolute Gasteiger partial charge is 0.220 e. The van der Waals surface area contributed by atoms with Crippen molar-refractivity contribution in [3.05, 3.63) is 11.1 Å². The molecule has 1 amide bonds. The van der Waals surface area contributed by atoms with Gasteiger partial charge in [-0.15, -0.1) is 0 Å². The van der Waals surface area contributed by atoms with Crippen LogP contribution in [0.2, 0.25) is 0 Å². The second kappa shape index (κ2) is 7.09. The minimum absolute atomic E-state index is 0.0564. The number of nitrogens with two attached hydrogens (primary N) is 1. The highest BCUT2D eigenvalue weighted by Gasteiger charge is 2.04. The second-order valence-corrected chi connectivity index (χ2v) is 4.30. The lowest BCUT2D eigenvalue weighted by molar-refractivity contribution is -0.121. The molecule has 13 heavy (non-hydrogen) atoms. The summed E-state index contributed by atoms with van der Waals surface area (Å²) in [6.07, 6.45) is 1.38. The summed E-state index contributed by atoms with van der Waals surface area (Å²) >= 11 is 3.17. The lowest BCUT2D eigenvalue weighted by Gasteiger charge is -2.07. The quantitative estimate of drug-likeness (QED) is 0.747. The van der Waals surface area contributed by atoms with Crippen molar-refractivity contribution in [3.63, 3.8) is 0 Å². The first kappa shape index (κ1) is 12.7. The molecule has 0 rings (SSSR count). The first-order valence-corrected chi connectivity index (χ1v) is 5.15. The molecular weight excluding hydrogens is 232 g/mol. The van der Waals surface area contributed by atoms with Gasteiger partial charge < -0.3 is 11.1 Å². The second-order valence-electron chi connectivity index (χ2n) is 3.17. The normalized spacial score (nSPS) is 12.2. The Morgan fingerprint density at radius 3 is 2.77 bits per heavy atom. The van der Waals surface area contributed by atoms with Crippen LogP contribution in [0.4, 0.5) is 0 Å². The van der Waals surface area contributed by atoms with E-state index in [1.807, 2.05) is 6.92 Å². The van der Waals surface area contributed by atoms with Gasteiger partial charge in [0.2, 0.25) is 5.91 Å². The maximum Gasteiger partial charge on any atom is 0.220 e. The Morgan fingerprint density at radius 1 is 1.69 bits per heavy atom. The SMILES string of the molecule is C=C(Br)CNC(=O)CCC(C)CN. The van der Waals surface area contributed by atoms with Crippen LogP contribution in [-0.2, 0) is 4.79 Å². The van der Waals surface area contributed by atoms with Crippen molar-refractivity contribution >= 4 is 21.8 Å². The molecule has 0 aliphatic heterocycles. The zero-order chi connectivity index (χ0) is 10.3. The molecule has 3 nitrogen and oxygen atoms in total. The molecule has 0 aromatic carbocycles. The van der Waals surface area contributed by atoms with E-state index in [0.717, 1.165) is 10.9 Å². The number of carbonyl (C=O) groups excluding carboxylic acids is 1. The summed E-state index contributed by atoms with van der Waals surface area (Å²) in [7, 11) is 0. The lowest BCUT2D eigenvalue weighted by Crippen LogP contribution is -2.25. The third-order valence-electron chi connectivity index (χ3n) is 1.74. The summed E-state index contributed by atoms with van der Waals surface area (Å²) in [5, 5.41) is 2.74. The Bertz CT molecular complexity index is 182. The molecule has 3 N–H and O–H groups in total. The number of carbonyl (C=O) groups is 1. The molecule has 1 atom stereocenters. The summed E-state index contributed by atoms with van der Waals surface area (Å²) in [6.45, 7) is 6.79. The summed E-state index contributed by atoms with van der Waals surface area (Å²) in [5.74, 6) is 0.471. The van der Waals surface area contributed by atoms with Gasteiger partial charge in [-0.05, 0) is 18.9 Å². The first-order chi connectivity index (χ1) is 6.06. The average Bonchev–Trinajstić information content (AvgIpc) is 2.10. The van der Waals surface area contributed by atoms with Crippen LogP contribution in [0.1, 0.15) is 19.8 Å². The number of nitrogens with one attached hydrogen (secondary N) is 1. The van der Waals surface area contributed by atoms with Crippen molar-refractivity contribution in [2.24, 2.45) is 11.7 Å². The van der Waals surface area contributed by atoms with E-state index in [9.17, 15) is 4.79 Å². The molecule has 0 heterocycles. The average molecular weight is 249 g/mol. The molecule has 0 aliphatic rings. The van der Waals surface area contributed by atoms with Gasteiger partial charge in [-0.3, -0.25) is 4.79 Å². The third-order valence-corrected chi connectivity index (χ3v) is 2.02. The zero-order valence-electron chi connectivity index (χ0n) is 7.98. The Balaban J connectivity index is 3.46. The Hall–Kier alpha value is -0.350. The van der Waals surface area contributed by atoms with Crippen LogP contribution in [0.3, 0.4) is 0 Å². The minimum atomic E-state index is 0.0564. The van der Waals surface area contributed by atoms with E-state index >= 15 is 0 Å². The monoisotopic (exact) mass is 248 g/mol. The Morgan fingerprint density at radius 2 is 2.31 bits per heavy atom. The zero-order valence-corrected chi connectivity index (χ0v) is 9.56. The van der Waals surface area contributed by atoms with Crippen LogP contribution < -0.4 is 11.1 Å². The maximum atomic E-state index is 11.2. The number of hydrogen-bond donors (Lipinski definition) is 2. The van der Waals surface area contributed by atoms with Crippen LogP contribution in [-0.4, -0.2) is 19.0 Å². The van der Waals surface area contributed by atoms with Crippen molar-refractivity contribution in [2.75, 3.05) is 13.1 Å². The molecule has 0 aromatic rings. The number of halogens is 1. The number of amides is 1. The van der Waals surface area contributed by atoms with Gasteiger partial charge in [-0.2, -0.15) is 0 Å². The van der Waals surface area contributed by atoms with E-state index in [1.165, 1.54) is 0 Å². The van der Waals surface area contributed by atoms with E-state index in [0.29, 0.717) is 25.4 Å². The predicted octanol–water partition coefficient (Wildman–Crippen LogP) is 1.39. The van der Waals surface area contributed by atoms with Crippen molar-refractivity contribution in [3.8, 4) is 0 Å². The van der Waals surface area contributed by atoms with Crippen LogP contribution in [0.25, 0.3) is 0 Å². The summed E-state index contributed by atoms with van der Waals surface area (Å²) in [6, 6.07) is 0. The summed E-state index contributed by atoms with van der Waals surface area (Å²) in [4.78, 5) is 11.2. The predicted molar refractivity (Wildman–Crippen MR) is 58.5 cm³/mol. The van der Waals surface area contributed by atoms with Crippen molar-refractivity contribution < 1.29 is 4.79 Å². The highest BCUT2D eigenvalue weighted by Crippen LogP contribution is 2.03. The molecule has 0 bridgehead atoms. The highest BCUT2D eigenvalue weighted by atomic mass is 79.9. The van der Waals surface area contributed by atoms with E-state index in [2.05, 4.69) is 27.8 Å². The van der Waals surface area contributed by atoms with Gasteiger partial charge in [0.05, 0.1) is 0 Å². The van der Waals surface area contributed by atoms with Gasteiger partial charge in [0.1, 0.15) is 0 Å². The molecule has 0 spiro atoms. The largest absolute Gasteiger partial charge is 0.352 e. The van der Waals surface area contributed by atoms with Gasteiger partial charge >= 0.3 is 0 Å². The van der Waals surface area contributed by atoms with Crippen molar-refractivity contribution in [1.82, 2.24) is 5.32 Å². The van der Waals surface area contributed by atoms with E-state index < -0.39 is 0 Å². The molecule has 4 heteroatoms. The fourth-order valence-electron chi connectivity index (χ4n) is 0.778. The van der Waals surface area contributed by atoms with Gasteiger partial charge in [-0.25, -0.2) is 0 Å². The van der Waals surface area contributed by atoms with Crippen LogP contribution in [0.5, 0.6) is 0 Å². The van der Waals surface area contributed by atoms with Crippen LogP contribution >= 0.6 is 15.9 Å². The van der Waals surface area contributed by atoms with Crippen molar-refractivity contribution in [2.45, 2.75) is 19.8 Å². The molecule has 0 saturated carbocycles. The van der Waals surface area contributed by atoms with E-state index in [1.54, 1.807) is 0 Å². The van der Waals surface area contributed by atoms with Gasteiger partial charge in [0, 0.05) is 17.4 Å². The van der Waals surface area contributed by atoms with Crippen LogP contribution in [0, 0.1) is 5.92 Å². The molecular formula is C9H17BrN2O. The topological polar surface area (TPSA) is 55.1 Å². The molecule has 0 aromatic heterocycles. The molecule has 0 fully saturated rings. The summed E-state index contributed by atoms with van der Waals surface area (Å²) < 4.78 is 0.785. The third kappa shape index (κ3) is 7.99. The van der Waals surface area contributed by atoms with E-state index in [-0.39, 0.29) is 5.91 Å². The lowest BCUT2D eigenvalue weighted by atomic mass is 10.1. The highest BCUT2D eigenvalue weighted by molar-refractivity contribution is 9.11. The van der Waals surface area contributed by atoms with Gasteiger partial charge in [-0.1, -0.05) is 29.4 Å². The molecule has 0 radical (unpaired) electrons. The first-order valence-electron chi connectivity index (χ1n) is 4.36. The Kier molecular flexibility index (Phi) is 6.90. The van der Waals surface area contributed by atoms with Gasteiger partial charge in [0.15, 0.2) is 0 Å². The maximum absolute atomic E-state index is 11.2. The number of hydrogen-bond acceptors (Lipinski definition) is 2. The molecule has 76 valence electrons.